The van der Waals surface area contributed by atoms with E-state index in [9.17, 15) is 4.79 Å². The lowest BCUT2D eigenvalue weighted by atomic mass is 10.0. The summed E-state index contributed by atoms with van der Waals surface area (Å²) in [5, 5.41) is 0. The number of amides is 1. The molecule has 0 bridgehead atoms. The van der Waals surface area contributed by atoms with Crippen LogP contribution in [-0.2, 0) is 4.79 Å². The van der Waals surface area contributed by atoms with Crippen molar-refractivity contribution in [1.29, 1.82) is 0 Å². The van der Waals surface area contributed by atoms with Gasteiger partial charge in [0.05, 0.1) is 20.3 Å². The van der Waals surface area contributed by atoms with Crippen molar-refractivity contribution < 1.29 is 19.0 Å². The first-order valence-corrected chi connectivity index (χ1v) is 9.29. The average molecular weight is 369 g/mol. The highest BCUT2D eigenvalue weighted by Crippen LogP contribution is 2.39. The molecule has 5 heteroatoms. The highest BCUT2D eigenvalue weighted by atomic mass is 16.5. The fourth-order valence-corrected chi connectivity index (χ4v) is 3.56. The Kier molecular flexibility index (Phi) is 5.89. The van der Waals surface area contributed by atoms with E-state index in [1.54, 1.807) is 21.1 Å². The van der Waals surface area contributed by atoms with E-state index in [0.29, 0.717) is 12.3 Å². The molecule has 1 aliphatic rings. The third-order valence-corrected chi connectivity index (χ3v) is 5.01. The van der Waals surface area contributed by atoms with E-state index in [4.69, 9.17) is 14.2 Å². The Bertz CT molecular complexity index is 787. The Morgan fingerprint density at radius 1 is 1.07 bits per heavy atom. The SMILES string of the molecule is COc1ccc(OC)c(C2CCCN2C(=O)C(C)Oc2ccc(C)cc2)c1. The van der Waals surface area contributed by atoms with E-state index in [2.05, 4.69) is 0 Å². The number of methoxy groups -OCH3 is 2. The third kappa shape index (κ3) is 4.18. The summed E-state index contributed by atoms with van der Waals surface area (Å²) >= 11 is 0. The molecule has 1 heterocycles. The quantitative estimate of drug-likeness (QED) is 0.768. The first kappa shape index (κ1) is 19.1. The number of hydrogen-bond donors (Lipinski definition) is 0. The second kappa shape index (κ2) is 8.33. The Labute approximate surface area is 160 Å². The smallest absolute Gasteiger partial charge is 0.263 e. The molecule has 1 fully saturated rings. The molecule has 0 N–H and O–H groups in total. The van der Waals surface area contributed by atoms with Gasteiger partial charge < -0.3 is 19.1 Å². The zero-order valence-electron chi connectivity index (χ0n) is 16.4. The van der Waals surface area contributed by atoms with Gasteiger partial charge in [-0.25, -0.2) is 0 Å². The summed E-state index contributed by atoms with van der Waals surface area (Å²) in [5.74, 6) is 2.22. The van der Waals surface area contributed by atoms with Gasteiger partial charge in [0.25, 0.3) is 5.91 Å². The molecule has 5 nitrogen and oxygen atoms in total. The molecule has 0 radical (unpaired) electrons. The number of ether oxygens (including phenoxy) is 3. The van der Waals surface area contributed by atoms with Crippen molar-refractivity contribution in [2.24, 2.45) is 0 Å². The van der Waals surface area contributed by atoms with Crippen molar-refractivity contribution >= 4 is 5.91 Å². The highest BCUT2D eigenvalue weighted by molar-refractivity contribution is 5.81. The van der Waals surface area contributed by atoms with Crippen LogP contribution in [0.2, 0.25) is 0 Å². The molecular weight excluding hydrogens is 342 g/mol. The van der Waals surface area contributed by atoms with Crippen molar-refractivity contribution in [2.45, 2.75) is 38.8 Å². The molecule has 0 aromatic heterocycles. The molecule has 27 heavy (non-hydrogen) atoms. The molecule has 0 spiro atoms. The van der Waals surface area contributed by atoms with Gasteiger partial charge in [-0.05, 0) is 57.0 Å². The Balaban J connectivity index is 1.79. The summed E-state index contributed by atoms with van der Waals surface area (Å²) in [5.41, 5.74) is 2.14. The van der Waals surface area contributed by atoms with Crippen LogP contribution in [0.15, 0.2) is 42.5 Å². The van der Waals surface area contributed by atoms with Crippen molar-refractivity contribution in [1.82, 2.24) is 4.90 Å². The van der Waals surface area contributed by atoms with Gasteiger partial charge in [0.15, 0.2) is 6.10 Å². The van der Waals surface area contributed by atoms with Crippen molar-refractivity contribution in [3.05, 3.63) is 53.6 Å². The molecule has 0 saturated carbocycles. The second-order valence-corrected chi connectivity index (χ2v) is 6.87. The number of benzene rings is 2. The van der Waals surface area contributed by atoms with Crippen molar-refractivity contribution in [2.75, 3.05) is 20.8 Å². The largest absolute Gasteiger partial charge is 0.497 e. The second-order valence-electron chi connectivity index (χ2n) is 6.87. The zero-order chi connectivity index (χ0) is 19.4. The minimum Gasteiger partial charge on any atom is -0.497 e. The van der Waals surface area contributed by atoms with Gasteiger partial charge in [-0.15, -0.1) is 0 Å². The van der Waals surface area contributed by atoms with Crippen LogP contribution >= 0.6 is 0 Å². The van der Waals surface area contributed by atoms with E-state index in [1.807, 2.05) is 54.3 Å². The molecule has 2 atom stereocenters. The lowest BCUT2D eigenvalue weighted by Crippen LogP contribution is -2.40. The fourth-order valence-electron chi connectivity index (χ4n) is 3.56. The van der Waals surface area contributed by atoms with Gasteiger partial charge in [0, 0.05) is 12.1 Å². The molecule has 2 aromatic carbocycles. The van der Waals surface area contributed by atoms with Gasteiger partial charge >= 0.3 is 0 Å². The number of hydrogen-bond acceptors (Lipinski definition) is 4. The maximum Gasteiger partial charge on any atom is 0.263 e. The monoisotopic (exact) mass is 369 g/mol. The van der Waals surface area contributed by atoms with E-state index in [-0.39, 0.29) is 11.9 Å². The van der Waals surface area contributed by atoms with Crippen LogP contribution in [-0.4, -0.2) is 37.7 Å². The van der Waals surface area contributed by atoms with Crippen LogP contribution in [0.25, 0.3) is 0 Å². The number of carbonyl (C=O) groups is 1. The lowest BCUT2D eigenvalue weighted by molar-refractivity contribution is -0.138. The molecule has 1 amide bonds. The minimum absolute atomic E-state index is 0.0112. The van der Waals surface area contributed by atoms with Crippen LogP contribution in [0.4, 0.5) is 0 Å². The Morgan fingerprint density at radius 2 is 1.78 bits per heavy atom. The zero-order valence-corrected chi connectivity index (χ0v) is 16.4. The standard InChI is InChI=1S/C22H27NO4/c1-15-7-9-17(10-8-15)27-16(2)22(24)23-13-5-6-20(23)19-14-18(25-3)11-12-21(19)26-4/h7-12,14,16,20H,5-6,13H2,1-4H3. The van der Waals surface area contributed by atoms with E-state index < -0.39 is 6.10 Å². The van der Waals surface area contributed by atoms with Crippen LogP contribution in [0, 0.1) is 6.92 Å². The van der Waals surface area contributed by atoms with Crippen LogP contribution in [0.3, 0.4) is 0 Å². The normalized spacial score (nSPS) is 17.5. The number of likely N-dealkylation sites (tertiary alicyclic amines) is 1. The Morgan fingerprint density at radius 3 is 2.44 bits per heavy atom. The van der Waals surface area contributed by atoms with E-state index in [1.165, 1.54) is 0 Å². The molecule has 2 aromatic rings. The summed E-state index contributed by atoms with van der Waals surface area (Å²) in [4.78, 5) is 15.0. The maximum absolute atomic E-state index is 13.1. The highest BCUT2D eigenvalue weighted by Gasteiger charge is 2.35. The Hall–Kier alpha value is -2.69. The predicted octanol–water partition coefficient (Wildman–Crippen LogP) is 4.14. The topological polar surface area (TPSA) is 48.0 Å². The summed E-state index contributed by atoms with van der Waals surface area (Å²) in [6.07, 6.45) is 1.30. The minimum atomic E-state index is -0.551. The van der Waals surface area contributed by atoms with E-state index >= 15 is 0 Å². The van der Waals surface area contributed by atoms with Gasteiger partial charge in [-0.1, -0.05) is 17.7 Å². The van der Waals surface area contributed by atoms with Crippen LogP contribution < -0.4 is 14.2 Å². The van der Waals surface area contributed by atoms with Gasteiger partial charge in [0.1, 0.15) is 17.2 Å². The van der Waals surface area contributed by atoms with Gasteiger partial charge in [-0.2, -0.15) is 0 Å². The maximum atomic E-state index is 13.1. The summed E-state index contributed by atoms with van der Waals surface area (Å²) < 4.78 is 16.8. The lowest BCUT2D eigenvalue weighted by Gasteiger charge is -2.29. The van der Waals surface area contributed by atoms with Crippen molar-refractivity contribution in [3.8, 4) is 17.2 Å². The molecule has 1 aliphatic heterocycles. The third-order valence-electron chi connectivity index (χ3n) is 5.01. The van der Waals surface area contributed by atoms with Crippen molar-refractivity contribution in [3.63, 3.8) is 0 Å². The van der Waals surface area contributed by atoms with Crippen LogP contribution in [0.5, 0.6) is 17.2 Å². The molecule has 0 aliphatic carbocycles. The summed E-state index contributed by atoms with van der Waals surface area (Å²) in [6, 6.07) is 13.4. The number of rotatable bonds is 6. The van der Waals surface area contributed by atoms with Gasteiger partial charge in [0.2, 0.25) is 0 Å². The first-order valence-electron chi connectivity index (χ1n) is 9.29. The number of aryl methyl sites for hydroxylation is 1. The molecule has 2 unspecified atom stereocenters. The van der Waals surface area contributed by atoms with Crippen LogP contribution in [0.1, 0.15) is 36.9 Å². The average Bonchev–Trinajstić information content (AvgIpc) is 3.18. The first-order chi connectivity index (χ1) is 13.0. The molecule has 3 rings (SSSR count). The number of nitrogens with zero attached hydrogens (tertiary/aromatic N) is 1. The van der Waals surface area contributed by atoms with E-state index in [0.717, 1.165) is 35.5 Å². The summed E-state index contributed by atoms with van der Waals surface area (Å²) in [7, 11) is 3.29. The molecular formula is C22H27NO4. The molecule has 144 valence electrons. The molecule has 1 saturated heterocycles. The summed E-state index contributed by atoms with van der Waals surface area (Å²) in [6.45, 7) is 4.54. The van der Waals surface area contributed by atoms with Gasteiger partial charge in [-0.3, -0.25) is 4.79 Å². The fraction of sp³-hybridized carbons (Fsp3) is 0.409. The predicted molar refractivity (Wildman–Crippen MR) is 105 cm³/mol. The number of carbonyl (C=O) groups excluding carboxylic acids is 1.